The Kier molecular flexibility index (Phi) is 3.44. The molecule has 0 bridgehead atoms. The number of halogens is 1. The molecule has 1 heterocycles. The molecule has 0 atom stereocenters. The van der Waals surface area contributed by atoms with Gasteiger partial charge in [0.1, 0.15) is 11.5 Å². The zero-order valence-corrected chi connectivity index (χ0v) is 10.2. The highest BCUT2D eigenvalue weighted by atomic mass is 35.5. The summed E-state index contributed by atoms with van der Waals surface area (Å²) in [4.78, 5) is 8.29. The Hall–Kier alpha value is -1.81. The molecule has 0 amide bonds. The topological polar surface area (TPSA) is 44.2 Å². The molecule has 0 unspecified atom stereocenters. The minimum atomic E-state index is 0.503. The van der Waals surface area contributed by atoms with Crippen molar-refractivity contribution in [3.63, 3.8) is 0 Å². The van der Waals surface area contributed by atoms with Crippen LogP contribution in [-0.2, 0) is 0 Å². The number of nitrogens with zero attached hydrogens (tertiary/aromatic N) is 2. The van der Waals surface area contributed by atoms with Gasteiger partial charge in [-0.1, -0.05) is 11.6 Å². The molecule has 1 aromatic heterocycles. The van der Waals surface area contributed by atoms with Crippen molar-refractivity contribution < 1.29 is 9.47 Å². The Balaban J connectivity index is 2.46. The third kappa shape index (κ3) is 2.65. The first-order valence-electron chi connectivity index (χ1n) is 4.94. The molecule has 2 rings (SSSR count). The van der Waals surface area contributed by atoms with Crippen molar-refractivity contribution in [3.8, 4) is 22.9 Å². The molecule has 88 valence electrons. The van der Waals surface area contributed by atoms with Gasteiger partial charge >= 0.3 is 0 Å². The Labute approximate surface area is 104 Å². The average molecular weight is 251 g/mol. The number of ether oxygens (including phenoxy) is 2. The fourth-order valence-corrected chi connectivity index (χ4v) is 1.50. The van der Waals surface area contributed by atoms with E-state index in [-0.39, 0.29) is 0 Å². The molecule has 0 aliphatic rings. The molecule has 0 N–H and O–H groups in total. The minimum Gasteiger partial charge on any atom is -0.497 e. The highest BCUT2D eigenvalue weighted by Gasteiger charge is 2.06. The molecule has 1 aromatic carbocycles. The van der Waals surface area contributed by atoms with Gasteiger partial charge in [0, 0.05) is 24.0 Å². The van der Waals surface area contributed by atoms with Crippen LogP contribution in [0, 0.1) is 0 Å². The van der Waals surface area contributed by atoms with Crippen molar-refractivity contribution in [1.82, 2.24) is 9.97 Å². The molecule has 0 fully saturated rings. The molecule has 0 aliphatic heterocycles. The molecule has 0 saturated carbocycles. The highest BCUT2D eigenvalue weighted by molar-refractivity contribution is 6.30. The van der Waals surface area contributed by atoms with E-state index in [0.29, 0.717) is 22.3 Å². The lowest BCUT2D eigenvalue weighted by molar-refractivity contribution is 0.394. The highest BCUT2D eigenvalue weighted by Crippen LogP contribution is 2.27. The lowest BCUT2D eigenvalue weighted by Crippen LogP contribution is -1.92. The predicted molar refractivity (Wildman–Crippen MR) is 65.6 cm³/mol. The number of hydrogen-bond acceptors (Lipinski definition) is 4. The van der Waals surface area contributed by atoms with Gasteiger partial charge in [-0.25, -0.2) is 9.97 Å². The van der Waals surface area contributed by atoms with Gasteiger partial charge in [0.25, 0.3) is 0 Å². The van der Waals surface area contributed by atoms with E-state index in [4.69, 9.17) is 21.1 Å². The third-order valence-corrected chi connectivity index (χ3v) is 2.43. The van der Waals surface area contributed by atoms with Crippen molar-refractivity contribution in [3.05, 3.63) is 35.6 Å². The molecule has 2 aromatic rings. The van der Waals surface area contributed by atoms with E-state index in [0.717, 1.165) is 5.56 Å². The Morgan fingerprint density at radius 3 is 1.94 bits per heavy atom. The van der Waals surface area contributed by atoms with Crippen molar-refractivity contribution >= 4 is 11.6 Å². The molecule has 4 nitrogen and oxygen atoms in total. The maximum atomic E-state index is 5.74. The summed E-state index contributed by atoms with van der Waals surface area (Å²) in [5, 5.41) is 0.503. The van der Waals surface area contributed by atoms with E-state index < -0.39 is 0 Å². The standard InChI is InChI=1S/C12H11ClN2O2/c1-16-10-3-8(4-11(5-10)17-2)12-14-6-9(13)7-15-12/h3-7H,1-2H3. The first-order valence-corrected chi connectivity index (χ1v) is 5.31. The molecular formula is C12H11ClN2O2. The summed E-state index contributed by atoms with van der Waals surface area (Å²) in [7, 11) is 3.20. The summed E-state index contributed by atoms with van der Waals surface area (Å²) in [6.07, 6.45) is 3.10. The monoisotopic (exact) mass is 250 g/mol. The van der Waals surface area contributed by atoms with E-state index in [1.54, 1.807) is 32.7 Å². The van der Waals surface area contributed by atoms with Crippen LogP contribution in [0.2, 0.25) is 5.02 Å². The maximum absolute atomic E-state index is 5.74. The summed E-state index contributed by atoms with van der Waals surface area (Å²) in [6.45, 7) is 0. The van der Waals surface area contributed by atoms with Gasteiger partial charge in [0.15, 0.2) is 5.82 Å². The SMILES string of the molecule is COc1cc(OC)cc(-c2ncc(Cl)cn2)c1. The van der Waals surface area contributed by atoms with Crippen LogP contribution in [0.25, 0.3) is 11.4 Å². The third-order valence-electron chi connectivity index (χ3n) is 2.23. The Morgan fingerprint density at radius 2 is 1.47 bits per heavy atom. The predicted octanol–water partition coefficient (Wildman–Crippen LogP) is 2.81. The second-order valence-electron chi connectivity index (χ2n) is 3.33. The van der Waals surface area contributed by atoms with Crippen LogP contribution in [0.4, 0.5) is 0 Å². The minimum absolute atomic E-state index is 0.503. The molecule has 0 radical (unpaired) electrons. The van der Waals surface area contributed by atoms with Crippen molar-refractivity contribution in [2.45, 2.75) is 0 Å². The van der Waals surface area contributed by atoms with Crippen LogP contribution >= 0.6 is 11.6 Å². The van der Waals surface area contributed by atoms with Crippen molar-refractivity contribution in [2.24, 2.45) is 0 Å². The zero-order chi connectivity index (χ0) is 12.3. The van der Waals surface area contributed by atoms with Crippen LogP contribution < -0.4 is 9.47 Å². The van der Waals surface area contributed by atoms with Crippen LogP contribution in [0.3, 0.4) is 0 Å². The molecule has 0 aliphatic carbocycles. The number of methoxy groups -OCH3 is 2. The zero-order valence-electron chi connectivity index (χ0n) is 9.48. The van der Waals surface area contributed by atoms with Crippen LogP contribution in [0.1, 0.15) is 0 Å². The van der Waals surface area contributed by atoms with Gasteiger partial charge in [0.2, 0.25) is 0 Å². The first-order chi connectivity index (χ1) is 8.22. The summed E-state index contributed by atoms with van der Waals surface area (Å²) in [6, 6.07) is 5.47. The fourth-order valence-electron chi connectivity index (χ4n) is 1.40. The number of aromatic nitrogens is 2. The molecule has 0 saturated heterocycles. The Morgan fingerprint density at radius 1 is 0.941 bits per heavy atom. The van der Waals surface area contributed by atoms with E-state index in [1.165, 1.54) is 0 Å². The van der Waals surface area contributed by atoms with E-state index in [2.05, 4.69) is 9.97 Å². The lowest BCUT2D eigenvalue weighted by atomic mass is 10.2. The van der Waals surface area contributed by atoms with Crippen molar-refractivity contribution in [1.29, 1.82) is 0 Å². The Bertz CT molecular complexity index is 492. The van der Waals surface area contributed by atoms with Crippen LogP contribution in [0.5, 0.6) is 11.5 Å². The quantitative estimate of drug-likeness (QED) is 0.840. The largest absolute Gasteiger partial charge is 0.497 e. The number of rotatable bonds is 3. The van der Waals surface area contributed by atoms with E-state index in [1.807, 2.05) is 12.1 Å². The van der Waals surface area contributed by atoms with Crippen LogP contribution in [-0.4, -0.2) is 24.2 Å². The summed E-state index contributed by atoms with van der Waals surface area (Å²) in [5.74, 6) is 1.96. The molecular weight excluding hydrogens is 240 g/mol. The summed E-state index contributed by atoms with van der Waals surface area (Å²) < 4.78 is 10.4. The summed E-state index contributed by atoms with van der Waals surface area (Å²) >= 11 is 5.74. The number of hydrogen-bond donors (Lipinski definition) is 0. The summed E-state index contributed by atoms with van der Waals surface area (Å²) in [5.41, 5.74) is 0.817. The van der Waals surface area contributed by atoms with Gasteiger partial charge < -0.3 is 9.47 Å². The first kappa shape index (κ1) is 11.7. The lowest BCUT2D eigenvalue weighted by Gasteiger charge is -2.07. The van der Waals surface area contributed by atoms with Gasteiger partial charge in [-0.15, -0.1) is 0 Å². The van der Waals surface area contributed by atoms with Crippen LogP contribution in [0.15, 0.2) is 30.6 Å². The second kappa shape index (κ2) is 5.01. The smallest absolute Gasteiger partial charge is 0.159 e. The van der Waals surface area contributed by atoms with E-state index >= 15 is 0 Å². The van der Waals surface area contributed by atoms with Crippen molar-refractivity contribution in [2.75, 3.05) is 14.2 Å². The number of benzene rings is 1. The molecule has 0 spiro atoms. The van der Waals surface area contributed by atoms with Gasteiger partial charge in [-0.05, 0) is 12.1 Å². The second-order valence-corrected chi connectivity index (χ2v) is 3.76. The van der Waals surface area contributed by atoms with E-state index in [9.17, 15) is 0 Å². The van der Waals surface area contributed by atoms with Gasteiger partial charge in [-0.2, -0.15) is 0 Å². The maximum Gasteiger partial charge on any atom is 0.159 e. The normalized spacial score (nSPS) is 10.1. The average Bonchev–Trinajstić information content (AvgIpc) is 2.39. The molecule has 5 heteroatoms. The molecule has 17 heavy (non-hydrogen) atoms. The van der Waals surface area contributed by atoms with Gasteiger partial charge in [-0.3, -0.25) is 0 Å². The van der Waals surface area contributed by atoms with Gasteiger partial charge in [0.05, 0.1) is 19.2 Å². The fraction of sp³-hybridized carbons (Fsp3) is 0.167.